The highest BCUT2D eigenvalue weighted by Gasteiger charge is 2.29. The van der Waals surface area contributed by atoms with Crippen LogP contribution in [0.5, 0.6) is 0 Å². The molecule has 0 N–H and O–H groups in total. The summed E-state index contributed by atoms with van der Waals surface area (Å²) in [5.41, 5.74) is 2.23. The van der Waals surface area contributed by atoms with Crippen molar-refractivity contribution in [2.45, 2.75) is 25.5 Å². The molecule has 25 heavy (non-hydrogen) atoms. The number of nitrogens with zero attached hydrogens (tertiary/aromatic N) is 3. The van der Waals surface area contributed by atoms with Gasteiger partial charge in [-0.2, -0.15) is 0 Å². The van der Waals surface area contributed by atoms with E-state index in [0.717, 1.165) is 47.9 Å². The fourth-order valence-electron chi connectivity index (χ4n) is 3.40. The number of ether oxygens (including phenoxy) is 1. The van der Waals surface area contributed by atoms with Gasteiger partial charge in [0.25, 0.3) is 0 Å². The van der Waals surface area contributed by atoms with E-state index in [0.29, 0.717) is 6.61 Å². The number of anilines is 1. The molecule has 128 valence electrons. The average molecular weight is 335 g/mol. The smallest absolute Gasteiger partial charge is 0.129 e. The van der Waals surface area contributed by atoms with E-state index in [1.807, 2.05) is 24.4 Å². The van der Waals surface area contributed by atoms with Crippen LogP contribution in [0, 0.1) is 0 Å². The van der Waals surface area contributed by atoms with Gasteiger partial charge in [0, 0.05) is 37.8 Å². The maximum Gasteiger partial charge on any atom is 0.129 e. The van der Waals surface area contributed by atoms with Gasteiger partial charge in [0.2, 0.25) is 0 Å². The Balaban J connectivity index is 1.55. The molecule has 5 nitrogen and oxygen atoms in total. The maximum absolute atomic E-state index is 5.95. The van der Waals surface area contributed by atoms with Crippen molar-refractivity contribution in [3.05, 3.63) is 66.5 Å². The van der Waals surface area contributed by atoms with E-state index in [9.17, 15) is 0 Å². The number of furan rings is 1. The first-order valence-corrected chi connectivity index (χ1v) is 8.56. The monoisotopic (exact) mass is 335 g/mol. The zero-order valence-corrected chi connectivity index (χ0v) is 14.3. The normalized spacial score (nSPS) is 17.2. The minimum Gasteiger partial charge on any atom is -0.461 e. The summed E-state index contributed by atoms with van der Waals surface area (Å²) in [6.07, 6.45) is 7.74. The van der Waals surface area contributed by atoms with Gasteiger partial charge in [0.1, 0.15) is 23.9 Å². The Kier molecular flexibility index (Phi) is 4.48. The van der Waals surface area contributed by atoms with Gasteiger partial charge in [-0.25, -0.2) is 4.98 Å². The number of pyridine rings is 2. The molecule has 1 unspecified atom stereocenters. The molecule has 0 saturated carbocycles. The van der Waals surface area contributed by atoms with Gasteiger partial charge in [-0.3, -0.25) is 4.98 Å². The van der Waals surface area contributed by atoms with Crippen molar-refractivity contribution >= 4 is 5.82 Å². The first-order valence-electron chi connectivity index (χ1n) is 8.56. The van der Waals surface area contributed by atoms with Crippen LogP contribution in [0.2, 0.25) is 0 Å². The second-order valence-electron chi connectivity index (χ2n) is 6.23. The Morgan fingerprint density at radius 1 is 1.12 bits per heavy atom. The highest BCUT2D eigenvalue weighted by Crippen LogP contribution is 2.36. The van der Waals surface area contributed by atoms with Crippen LogP contribution >= 0.6 is 0 Å². The van der Waals surface area contributed by atoms with Crippen LogP contribution in [0.25, 0.3) is 11.1 Å². The van der Waals surface area contributed by atoms with Crippen LogP contribution in [0.1, 0.15) is 30.4 Å². The highest BCUT2D eigenvalue weighted by atomic mass is 16.5. The van der Waals surface area contributed by atoms with E-state index in [4.69, 9.17) is 14.1 Å². The van der Waals surface area contributed by atoms with Gasteiger partial charge >= 0.3 is 0 Å². The second kappa shape index (κ2) is 7.07. The summed E-state index contributed by atoms with van der Waals surface area (Å²) in [5.74, 6) is 2.85. The molecule has 0 aliphatic carbocycles. The van der Waals surface area contributed by atoms with Crippen molar-refractivity contribution in [3.8, 4) is 11.1 Å². The molecular formula is C20H21N3O2. The molecule has 1 saturated heterocycles. The molecule has 4 rings (SSSR count). The summed E-state index contributed by atoms with van der Waals surface area (Å²) in [5, 5.41) is 0. The third-order valence-electron chi connectivity index (χ3n) is 4.61. The van der Waals surface area contributed by atoms with E-state index in [1.165, 1.54) is 0 Å². The Morgan fingerprint density at radius 3 is 2.76 bits per heavy atom. The molecule has 3 aromatic heterocycles. The Labute approximate surface area is 147 Å². The molecule has 0 aromatic carbocycles. The minimum atomic E-state index is 0.241. The predicted molar refractivity (Wildman–Crippen MR) is 96.2 cm³/mol. The van der Waals surface area contributed by atoms with E-state index in [1.54, 1.807) is 19.5 Å². The van der Waals surface area contributed by atoms with Crippen molar-refractivity contribution in [1.29, 1.82) is 0 Å². The molecule has 1 atom stereocenters. The van der Waals surface area contributed by atoms with Crippen LogP contribution in [-0.4, -0.2) is 23.6 Å². The Morgan fingerprint density at radius 2 is 2.00 bits per heavy atom. The summed E-state index contributed by atoms with van der Waals surface area (Å²) in [7, 11) is 1.68. The van der Waals surface area contributed by atoms with Gasteiger partial charge in [0.05, 0.1) is 6.04 Å². The van der Waals surface area contributed by atoms with Gasteiger partial charge in [-0.05, 0) is 54.8 Å². The molecular weight excluding hydrogens is 314 g/mol. The zero-order valence-electron chi connectivity index (χ0n) is 14.3. The maximum atomic E-state index is 5.95. The van der Waals surface area contributed by atoms with Crippen LogP contribution in [0.15, 0.2) is 59.4 Å². The number of hydrogen-bond donors (Lipinski definition) is 0. The topological polar surface area (TPSA) is 51.4 Å². The number of aromatic nitrogens is 2. The van der Waals surface area contributed by atoms with Gasteiger partial charge in [-0.1, -0.05) is 0 Å². The summed E-state index contributed by atoms with van der Waals surface area (Å²) in [6.45, 7) is 1.50. The SMILES string of the molecule is COCc1ccc(C2CCCN2c2ccc(-c3ccncc3)cn2)o1. The largest absolute Gasteiger partial charge is 0.461 e. The number of rotatable bonds is 5. The highest BCUT2D eigenvalue weighted by molar-refractivity contribution is 5.63. The molecule has 1 aliphatic rings. The molecule has 0 spiro atoms. The lowest BCUT2D eigenvalue weighted by atomic mass is 10.1. The molecule has 5 heteroatoms. The number of hydrogen-bond acceptors (Lipinski definition) is 5. The van der Waals surface area contributed by atoms with Crippen molar-refractivity contribution in [2.75, 3.05) is 18.6 Å². The van der Waals surface area contributed by atoms with Gasteiger partial charge in [-0.15, -0.1) is 0 Å². The summed E-state index contributed by atoms with van der Waals surface area (Å²) in [4.78, 5) is 11.1. The van der Waals surface area contributed by atoms with E-state index < -0.39 is 0 Å². The fourth-order valence-corrected chi connectivity index (χ4v) is 3.40. The lowest BCUT2D eigenvalue weighted by molar-refractivity contribution is 0.162. The third kappa shape index (κ3) is 3.28. The molecule has 0 amide bonds. The summed E-state index contributed by atoms with van der Waals surface area (Å²) >= 11 is 0. The zero-order chi connectivity index (χ0) is 17.1. The lowest BCUT2D eigenvalue weighted by Gasteiger charge is -2.24. The quantitative estimate of drug-likeness (QED) is 0.698. The first-order chi connectivity index (χ1) is 12.3. The standard InChI is InChI=1S/C20H21N3O2/c1-24-14-17-5-6-19(25-17)18-3-2-12-23(18)20-7-4-16(13-22-20)15-8-10-21-11-9-15/h4-11,13,18H,2-3,12,14H2,1H3. The van der Waals surface area contributed by atoms with Crippen molar-refractivity contribution in [1.82, 2.24) is 9.97 Å². The van der Waals surface area contributed by atoms with E-state index in [-0.39, 0.29) is 6.04 Å². The Hall–Kier alpha value is -2.66. The van der Waals surface area contributed by atoms with Crippen molar-refractivity contribution in [3.63, 3.8) is 0 Å². The first kappa shape index (κ1) is 15.8. The molecule has 0 radical (unpaired) electrons. The molecule has 1 aliphatic heterocycles. The van der Waals surface area contributed by atoms with Crippen LogP contribution in [0.3, 0.4) is 0 Å². The fraction of sp³-hybridized carbons (Fsp3) is 0.300. The molecule has 4 heterocycles. The minimum absolute atomic E-state index is 0.241. The van der Waals surface area contributed by atoms with Gasteiger partial charge in [0.15, 0.2) is 0 Å². The molecule has 3 aromatic rings. The predicted octanol–water partition coefficient (Wildman–Crippen LogP) is 4.22. The average Bonchev–Trinajstić information content (AvgIpc) is 3.32. The molecule has 0 bridgehead atoms. The van der Waals surface area contributed by atoms with Crippen LogP contribution < -0.4 is 4.90 Å². The lowest BCUT2D eigenvalue weighted by Crippen LogP contribution is -2.23. The second-order valence-corrected chi connectivity index (χ2v) is 6.23. The van der Waals surface area contributed by atoms with Crippen molar-refractivity contribution in [2.24, 2.45) is 0 Å². The van der Waals surface area contributed by atoms with Crippen LogP contribution in [-0.2, 0) is 11.3 Å². The van der Waals surface area contributed by atoms with E-state index in [2.05, 4.69) is 28.1 Å². The van der Waals surface area contributed by atoms with Crippen molar-refractivity contribution < 1.29 is 9.15 Å². The number of methoxy groups -OCH3 is 1. The Bertz CT molecular complexity index is 814. The van der Waals surface area contributed by atoms with Crippen LogP contribution in [0.4, 0.5) is 5.82 Å². The summed E-state index contributed by atoms with van der Waals surface area (Å²) in [6, 6.07) is 12.5. The third-order valence-corrected chi connectivity index (χ3v) is 4.61. The van der Waals surface area contributed by atoms with E-state index >= 15 is 0 Å². The molecule has 1 fully saturated rings. The van der Waals surface area contributed by atoms with Gasteiger partial charge < -0.3 is 14.1 Å². The summed E-state index contributed by atoms with van der Waals surface area (Å²) < 4.78 is 11.1.